The molecule has 0 aliphatic carbocycles. The minimum Gasteiger partial charge on any atom is -0.455 e. The molecule has 0 atom stereocenters. The van der Waals surface area contributed by atoms with Crippen molar-refractivity contribution in [2.24, 2.45) is 0 Å². The maximum Gasteiger partial charge on any atom is 0.416 e. The van der Waals surface area contributed by atoms with Gasteiger partial charge < -0.3 is 9.73 Å². The van der Waals surface area contributed by atoms with Crippen LogP contribution in [0.15, 0.2) is 95.4 Å². The molecular formula is C28H24F4N2O2. The number of hydrogen-bond acceptors (Lipinski definition) is 3. The summed E-state index contributed by atoms with van der Waals surface area (Å²) in [7, 11) is 0. The molecule has 1 amide bonds. The monoisotopic (exact) mass is 496 g/mol. The standard InChI is InChI=1S/C28H24F4N2O2/c29-25-12-5-4-10-22(25)18-34(17-20-7-2-1-3-8-20)19-24-13-14-26(36-24)27(35)33-16-21-9-6-11-23(15-21)28(30,31)32/h1-15H,16-19H2,(H,33,35). The smallest absolute Gasteiger partial charge is 0.416 e. The van der Waals surface area contributed by atoms with Crippen LogP contribution in [0.2, 0.25) is 0 Å². The first-order chi connectivity index (χ1) is 17.3. The first-order valence-corrected chi connectivity index (χ1v) is 11.3. The zero-order valence-electron chi connectivity index (χ0n) is 19.3. The van der Waals surface area contributed by atoms with Gasteiger partial charge in [0.05, 0.1) is 12.1 Å². The van der Waals surface area contributed by atoms with Gasteiger partial charge in [-0.1, -0.05) is 60.7 Å². The number of alkyl halides is 3. The SMILES string of the molecule is O=C(NCc1cccc(C(F)(F)F)c1)c1ccc(CN(Cc2ccccc2)Cc2ccccc2F)o1. The van der Waals surface area contributed by atoms with Gasteiger partial charge in [0.25, 0.3) is 5.91 Å². The topological polar surface area (TPSA) is 45.5 Å². The van der Waals surface area contributed by atoms with Gasteiger partial charge in [-0.05, 0) is 41.5 Å². The molecule has 0 fully saturated rings. The van der Waals surface area contributed by atoms with Gasteiger partial charge in [0.1, 0.15) is 11.6 Å². The quantitative estimate of drug-likeness (QED) is 0.267. The molecule has 0 bridgehead atoms. The van der Waals surface area contributed by atoms with E-state index in [-0.39, 0.29) is 18.1 Å². The van der Waals surface area contributed by atoms with Crippen LogP contribution in [0.25, 0.3) is 0 Å². The van der Waals surface area contributed by atoms with Crippen molar-refractivity contribution >= 4 is 5.91 Å². The summed E-state index contributed by atoms with van der Waals surface area (Å²) in [5, 5.41) is 2.58. The molecule has 36 heavy (non-hydrogen) atoms. The van der Waals surface area contributed by atoms with E-state index in [9.17, 15) is 22.4 Å². The molecule has 0 radical (unpaired) electrons. The minimum absolute atomic E-state index is 0.0440. The number of rotatable bonds is 9. The van der Waals surface area contributed by atoms with Crippen LogP contribution in [-0.4, -0.2) is 10.8 Å². The van der Waals surface area contributed by atoms with Crippen LogP contribution in [0.5, 0.6) is 0 Å². The highest BCUT2D eigenvalue weighted by Gasteiger charge is 2.30. The van der Waals surface area contributed by atoms with Crippen LogP contribution < -0.4 is 5.32 Å². The summed E-state index contributed by atoms with van der Waals surface area (Å²) < 4.78 is 58.7. The van der Waals surface area contributed by atoms with Crippen LogP contribution in [0.4, 0.5) is 17.6 Å². The average Bonchev–Trinajstić information content (AvgIpc) is 3.33. The van der Waals surface area contributed by atoms with E-state index in [1.807, 2.05) is 35.2 Å². The summed E-state index contributed by atoms with van der Waals surface area (Å²) in [4.78, 5) is 14.5. The average molecular weight is 497 g/mol. The Bertz CT molecular complexity index is 1300. The van der Waals surface area contributed by atoms with Gasteiger partial charge >= 0.3 is 6.18 Å². The van der Waals surface area contributed by atoms with E-state index >= 15 is 0 Å². The summed E-state index contributed by atoms with van der Waals surface area (Å²) >= 11 is 0. The lowest BCUT2D eigenvalue weighted by atomic mass is 10.1. The molecule has 4 rings (SSSR count). The first-order valence-electron chi connectivity index (χ1n) is 11.3. The molecule has 1 N–H and O–H groups in total. The number of amides is 1. The maximum atomic E-state index is 14.3. The Morgan fingerprint density at radius 3 is 2.28 bits per heavy atom. The zero-order valence-corrected chi connectivity index (χ0v) is 19.3. The van der Waals surface area contributed by atoms with Crippen molar-refractivity contribution in [1.29, 1.82) is 0 Å². The number of furan rings is 1. The normalized spacial score (nSPS) is 11.6. The number of nitrogens with one attached hydrogen (secondary N) is 1. The molecule has 8 heteroatoms. The Morgan fingerprint density at radius 2 is 1.53 bits per heavy atom. The third-order valence-electron chi connectivity index (χ3n) is 5.57. The van der Waals surface area contributed by atoms with Crippen molar-refractivity contribution in [2.45, 2.75) is 32.4 Å². The molecule has 0 unspecified atom stereocenters. The van der Waals surface area contributed by atoms with Crippen molar-refractivity contribution < 1.29 is 26.8 Å². The van der Waals surface area contributed by atoms with Gasteiger partial charge in [-0.25, -0.2) is 4.39 Å². The second kappa shape index (κ2) is 11.2. The highest BCUT2D eigenvalue weighted by Crippen LogP contribution is 2.29. The van der Waals surface area contributed by atoms with Gasteiger partial charge in [-0.3, -0.25) is 9.69 Å². The summed E-state index contributed by atoms with van der Waals surface area (Å²) in [5.41, 5.74) is 1.13. The summed E-state index contributed by atoms with van der Waals surface area (Å²) in [6, 6.07) is 24.2. The molecule has 186 valence electrons. The molecule has 4 aromatic rings. The fourth-order valence-electron chi connectivity index (χ4n) is 3.81. The lowest BCUT2D eigenvalue weighted by molar-refractivity contribution is -0.137. The van der Waals surface area contributed by atoms with E-state index in [2.05, 4.69) is 5.32 Å². The van der Waals surface area contributed by atoms with Crippen LogP contribution >= 0.6 is 0 Å². The summed E-state index contributed by atoms with van der Waals surface area (Å²) in [6.45, 7) is 1.11. The van der Waals surface area contributed by atoms with Crippen LogP contribution in [0.3, 0.4) is 0 Å². The molecule has 3 aromatic carbocycles. The molecule has 0 aliphatic heterocycles. The number of halogens is 4. The van der Waals surface area contributed by atoms with E-state index in [4.69, 9.17) is 4.42 Å². The molecule has 0 saturated heterocycles. The Kier molecular flexibility index (Phi) is 7.85. The Morgan fingerprint density at radius 1 is 0.806 bits per heavy atom. The van der Waals surface area contributed by atoms with Crippen LogP contribution in [0.1, 0.15) is 38.6 Å². The molecule has 1 aromatic heterocycles. The third kappa shape index (κ3) is 6.82. The Labute approximate surface area is 206 Å². The van der Waals surface area contributed by atoms with Gasteiger partial charge in [-0.2, -0.15) is 13.2 Å². The maximum absolute atomic E-state index is 14.3. The van der Waals surface area contributed by atoms with E-state index in [1.165, 1.54) is 24.3 Å². The van der Waals surface area contributed by atoms with Crippen molar-refractivity contribution in [3.8, 4) is 0 Å². The molecule has 0 saturated carbocycles. The van der Waals surface area contributed by atoms with Gasteiger partial charge in [0.2, 0.25) is 0 Å². The molecule has 0 spiro atoms. The lowest BCUT2D eigenvalue weighted by Crippen LogP contribution is -2.23. The summed E-state index contributed by atoms with van der Waals surface area (Å²) in [6.07, 6.45) is -4.45. The predicted molar refractivity (Wildman–Crippen MR) is 127 cm³/mol. The molecular weight excluding hydrogens is 472 g/mol. The largest absolute Gasteiger partial charge is 0.455 e. The van der Waals surface area contributed by atoms with Crippen molar-refractivity contribution in [3.63, 3.8) is 0 Å². The second-order valence-corrected chi connectivity index (χ2v) is 8.37. The van der Waals surface area contributed by atoms with Crippen LogP contribution in [-0.2, 0) is 32.4 Å². The van der Waals surface area contributed by atoms with E-state index in [1.54, 1.807) is 24.3 Å². The number of carbonyl (C=O) groups excluding carboxylic acids is 1. The van der Waals surface area contributed by atoms with E-state index in [0.717, 1.165) is 17.7 Å². The number of hydrogen-bond donors (Lipinski definition) is 1. The lowest BCUT2D eigenvalue weighted by Gasteiger charge is -2.22. The number of benzene rings is 3. The van der Waals surface area contributed by atoms with E-state index in [0.29, 0.717) is 36.5 Å². The fraction of sp³-hybridized carbons (Fsp3) is 0.179. The highest BCUT2D eigenvalue weighted by molar-refractivity contribution is 5.91. The van der Waals surface area contributed by atoms with Crippen molar-refractivity contribution in [1.82, 2.24) is 10.2 Å². The zero-order chi connectivity index (χ0) is 25.5. The van der Waals surface area contributed by atoms with E-state index < -0.39 is 17.6 Å². The molecule has 1 heterocycles. The molecule has 4 nitrogen and oxygen atoms in total. The van der Waals surface area contributed by atoms with Gasteiger partial charge in [-0.15, -0.1) is 0 Å². The predicted octanol–water partition coefficient (Wildman–Crippen LogP) is 6.57. The highest BCUT2D eigenvalue weighted by atomic mass is 19.4. The second-order valence-electron chi connectivity index (χ2n) is 8.37. The summed E-state index contributed by atoms with van der Waals surface area (Å²) in [5.74, 6) is -0.291. The Hall–Kier alpha value is -3.91. The molecule has 0 aliphatic rings. The van der Waals surface area contributed by atoms with Crippen molar-refractivity contribution in [2.75, 3.05) is 0 Å². The first kappa shape index (κ1) is 25.2. The number of carbonyl (C=O) groups is 1. The van der Waals surface area contributed by atoms with Crippen LogP contribution in [0, 0.1) is 5.82 Å². The fourth-order valence-corrected chi connectivity index (χ4v) is 3.81. The van der Waals surface area contributed by atoms with Gasteiger partial charge in [0, 0.05) is 25.2 Å². The third-order valence-corrected chi connectivity index (χ3v) is 5.57. The van der Waals surface area contributed by atoms with Crippen molar-refractivity contribution in [3.05, 3.63) is 131 Å². The minimum atomic E-state index is -4.45. The van der Waals surface area contributed by atoms with Gasteiger partial charge in [0.15, 0.2) is 5.76 Å². The Balaban J connectivity index is 1.42. The number of nitrogens with zero attached hydrogens (tertiary/aromatic N) is 1.